The van der Waals surface area contributed by atoms with E-state index in [2.05, 4.69) is 0 Å². The summed E-state index contributed by atoms with van der Waals surface area (Å²) in [5, 5.41) is 9.40. The van der Waals surface area contributed by atoms with Gasteiger partial charge >= 0.3 is 5.97 Å². The Balaban J connectivity index is 2.28. The number of ketones is 1. The van der Waals surface area contributed by atoms with E-state index in [4.69, 9.17) is 16.7 Å². The minimum absolute atomic E-state index is 0.00943. The van der Waals surface area contributed by atoms with Crippen molar-refractivity contribution in [3.63, 3.8) is 0 Å². The normalized spacial score (nSPS) is 11.2. The summed E-state index contributed by atoms with van der Waals surface area (Å²) in [6.07, 6.45) is 1.12. The van der Waals surface area contributed by atoms with Crippen molar-refractivity contribution < 1.29 is 14.7 Å². The lowest BCUT2D eigenvalue weighted by molar-refractivity contribution is -0.132. The lowest BCUT2D eigenvalue weighted by atomic mass is 10.0. The van der Waals surface area contributed by atoms with Crippen LogP contribution in [0.4, 0.5) is 0 Å². The van der Waals surface area contributed by atoms with Crippen LogP contribution in [0.3, 0.4) is 0 Å². The number of hydrogen-bond donors (Lipinski definition) is 1. The van der Waals surface area contributed by atoms with Gasteiger partial charge in [-0.1, -0.05) is 54.1 Å². The van der Waals surface area contributed by atoms with Gasteiger partial charge in [0, 0.05) is 21.7 Å². The number of allylic oxidation sites excluding steroid dienone is 1. The number of halogens is 1. The van der Waals surface area contributed by atoms with Crippen LogP contribution in [0.5, 0.6) is 0 Å². The Morgan fingerprint density at radius 2 is 1.67 bits per heavy atom. The monoisotopic (exact) mass is 300 g/mol. The Hall–Kier alpha value is -2.39. The Bertz CT molecular complexity index is 715. The SMILES string of the molecule is CC(=CC(=O)c1ccc(-c2ccccc2Cl)cc1)C(=O)O. The van der Waals surface area contributed by atoms with Crippen LogP contribution in [0.2, 0.25) is 5.02 Å². The second-order valence-corrected chi connectivity index (χ2v) is 4.96. The number of rotatable bonds is 4. The maximum atomic E-state index is 11.9. The molecular weight excluding hydrogens is 288 g/mol. The highest BCUT2D eigenvalue weighted by Gasteiger charge is 2.08. The van der Waals surface area contributed by atoms with Crippen LogP contribution in [-0.2, 0) is 4.79 Å². The van der Waals surface area contributed by atoms with Crippen molar-refractivity contribution in [2.75, 3.05) is 0 Å². The Kier molecular flexibility index (Phi) is 4.55. The van der Waals surface area contributed by atoms with E-state index in [9.17, 15) is 9.59 Å². The fraction of sp³-hybridized carbons (Fsp3) is 0.0588. The van der Waals surface area contributed by atoms with E-state index in [1.54, 1.807) is 30.3 Å². The summed E-state index contributed by atoms with van der Waals surface area (Å²) in [5.74, 6) is -1.43. The highest BCUT2D eigenvalue weighted by Crippen LogP contribution is 2.27. The molecule has 106 valence electrons. The number of benzene rings is 2. The van der Waals surface area contributed by atoms with Gasteiger partial charge in [0.25, 0.3) is 0 Å². The molecule has 0 saturated carbocycles. The van der Waals surface area contributed by atoms with Crippen LogP contribution in [0, 0.1) is 0 Å². The van der Waals surface area contributed by atoms with Crippen molar-refractivity contribution in [1.82, 2.24) is 0 Å². The van der Waals surface area contributed by atoms with Gasteiger partial charge in [-0.25, -0.2) is 4.79 Å². The van der Waals surface area contributed by atoms with Gasteiger partial charge in [0.2, 0.25) is 0 Å². The average molecular weight is 301 g/mol. The van der Waals surface area contributed by atoms with Gasteiger partial charge in [0.1, 0.15) is 0 Å². The largest absolute Gasteiger partial charge is 0.478 e. The fourth-order valence-electron chi connectivity index (χ4n) is 1.85. The molecule has 0 saturated heterocycles. The molecule has 4 heteroatoms. The van der Waals surface area contributed by atoms with Gasteiger partial charge in [0.15, 0.2) is 5.78 Å². The molecule has 0 amide bonds. The van der Waals surface area contributed by atoms with Crippen molar-refractivity contribution >= 4 is 23.4 Å². The first-order valence-electron chi connectivity index (χ1n) is 6.30. The van der Waals surface area contributed by atoms with Crippen LogP contribution in [0.15, 0.2) is 60.2 Å². The number of carbonyl (C=O) groups is 2. The molecule has 0 aromatic heterocycles. The van der Waals surface area contributed by atoms with Gasteiger partial charge in [-0.3, -0.25) is 4.79 Å². The van der Waals surface area contributed by atoms with Crippen LogP contribution in [0.25, 0.3) is 11.1 Å². The summed E-state index contributed by atoms with van der Waals surface area (Å²) >= 11 is 6.12. The summed E-state index contributed by atoms with van der Waals surface area (Å²) in [6, 6.07) is 14.3. The molecule has 0 atom stereocenters. The molecule has 2 rings (SSSR count). The third-order valence-electron chi connectivity index (χ3n) is 3.04. The van der Waals surface area contributed by atoms with Crippen LogP contribution < -0.4 is 0 Å². The molecule has 0 aliphatic heterocycles. The predicted molar refractivity (Wildman–Crippen MR) is 82.6 cm³/mol. The van der Waals surface area contributed by atoms with Crippen LogP contribution in [-0.4, -0.2) is 16.9 Å². The van der Waals surface area contributed by atoms with Crippen LogP contribution in [0.1, 0.15) is 17.3 Å². The highest BCUT2D eigenvalue weighted by molar-refractivity contribution is 6.33. The Morgan fingerprint density at radius 3 is 2.24 bits per heavy atom. The Labute approximate surface area is 127 Å². The molecule has 21 heavy (non-hydrogen) atoms. The molecule has 0 radical (unpaired) electrons. The first-order valence-corrected chi connectivity index (χ1v) is 6.67. The summed E-state index contributed by atoms with van der Waals surface area (Å²) < 4.78 is 0. The molecule has 0 unspecified atom stereocenters. The topological polar surface area (TPSA) is 54.4 Å². The molecule has 2 aromatic carbocycles. The van der Waals surface area contributed by atoms with Crippen molar-refractivity contribution in [2.45, 2.75) is 6.92 Å². The summed E-state index contributed by atoms with van der Waals surface area (Å²) in [5.41, 5.74) is 2.23. The summed E-state index contributed by atoms with van der Waals surface area (Å²) in [7, 11) is 0. The zero-order valence-electron chi connectivity index (χ0n) is 11.3. The van der Waals surface area contributed by atoms with E-state index in [1.165, 1.54) is 6.92 Å². The van der Waals surface area contributed by atoms with Crippen molar-refractivity contribution in [3.8, 4) is 11.1 Å². The summed E-state index contributed by atoms with van der Waals surface area (Å²) in [6.45, 7) is 1.39. The zero-order chi connectivity index (χ0) is 15.4. The lowest BCUT2D eigenvalue weighted by Gasteiger charge is -2.05. The molecular formula is C17H13ClO3. The maximum Gasteiger partial charge on any atom is 0.331 e. The lowest BCUT2D eigenvalue weighted by Crippen LogP contribution is -2.01. The molecule has 0 aliphatic carbocycles. The van der Waals surface area contributed by atoms with Gasteiger partial charge in [-0.15, -0.1) is 0 Å². The van der Waals surface area contributed by atoms with E-state index >= 15 is 0 Å². The quantitative estimate of drug-likeness (QED) is 0.679. The molecule has 2 aromatic rings. The van der Waals surface area contributed by atoms with Gasteiger partial charge in [-0.05, 0) is 24.6 Å². The average Bonchev–Trinajstić information content (AvgIpc) is 2.47. The Morgan fingerprint density at radius 1 is 1.05 bits per heavy atom. The smallest absolute Gasteiger partial charge is 0.331 e. The van der Waals surface area contributed by atoms with Crippen molar-refractivity contribution in [1.29, 1.82) is 0 Å². The zero-order valence-corrected chi connectivity index (χ0v) is 12.1. The minimum atomic E-state index is -1.10. The molecule has 0 heterocycles. The van der Waals surface area contributed by atoms with E-state index in [1.807, 2.05) is 18.2 Å². The fourth-order valence-corrected chi connectivity index (χ4v) is 2.10. The molecule has 0 bridgehead atoms. The van der Waals surface area contributed by atoms with Gasteiger partial charge in [0.05, 0.1) is 0 Å². The molecule has 3 nitrogen and oxygen atoms in total. The van der Waals surface area contributed by atoms with Crippen LogP contribution >= 0.6 is 11.6 Å². The number of aliphatic carboxylic acids is 1. The third kappa shape index (κ3) is 3.58. The highest BCUT2D eigenvalue weighted by atomic mass is 35.5. The molecule has 0 spiro atoms. The molecule has 0 fully saturated rings. The standard InChI is InChI=1S/C17H13ClO3/c1-11(17(20)21)10-16(19)13-8-6-12(7-9-13)14-4-2-3-5-15(14)18/h2-10H,1H3,(H,20,21). The second-order valence-electron chi connectivity index (χ2n) is 4.55. The van der Waals surface area contributed by atoms with E-state index < -0.39 is 5.97 Å². The summed E-state index contributed by atoms with van der Waals surface area (Å²) in [4.78, 5) is 22.6. The minimum Gasteiger partial charge on any atom is -0.478 e. The number of carbonyl (C=O) groups excluding carboxylic acids is 1. The number of hydrogen-bond acceptors (Lipinski definition) is 2. The van der Waals surface area contributed by atoms with Crippen molar-refractivity contribution in [2.24, 2.45) is 0 Å². The second kappa shape index (κ2) is 6.37. The first kappa shape index (κ1) is 15.0. The van der Waals surface area contributed by atoms with Gasteiger partial charge < -0.3 is 5.11 Å². The number of carboxylic acids is 1. The molecule has 0 aliphatic rings. The first-order chi connectivity index (χ1) is 9.99. The van der Waals surface area contributed by atoms with E-state index in [-0.39, 0.29) is 11.4 Å². The van der Waals surface area contributed by atoms with Gasteiger partial charge in [-0.2, -0.15) is 0 Å². The molecule has 1 N–H and O–H groups in total. The third-order valence-corrected chi connectivity index (χ3v) is 3.37. The predicted octanol–water partition coefficient (Wildman–Crippen LogP) is 4.22. The van der Waals surface area contributed by atoms with Crippen molar-refractivity contribution in [3.05, 3.63) is 70.8 Å². The maximum absolute atomic E-state index is 11.9. The van der Waals surface area contributed by atoms with E-state index in [0.29, 0.717) is 10.6 Å². The number of carboxylic acid groups (broad SMARTS) is 1. The van der Waals surface area contributed by atoms with E-state index in [0.717, 1.165) is 17.2 Å².